The Morgan fingerprint density at radius 2 is 2.00 bits per heavy atom. The van der Waals surface area contributed by atoms with Crippen LogP contribution in [-0.4, -0.2) is 24.4 Å². The molecule has 0 spiro atoms. The van der Waals surface area contributed by atoms with Crippen LogP contribution < -0.4 is 16.4 Å². The number of benzene rings is 1. The van der Waals surface area contributed by atoms with Gasteiger partial charge in [-0.1, -0.05) is 43.5 Å². The molecule has 0 aliphatic heterocycles. The van der Waals surface area contributed by atoms with Gasteiger partial charge in [-0.2, -0.15) is 0 Å². The molecule has 1 rings (SSSR count). The van der Waals surface area contributed by atoms with Crippen LogP contribution in [0.4, 0.5) is 5.69 Å². The fraction of sp³-hybridized carbons (Fsp3) is 0.429. The monoisotopic (exact) mass is 331 g/mol. The van der Waals surface area contributed by atoms with Crippen LogP contribution in [0.15, 0.2) is 18.2 Å². The summed E-state index contributed by atoms with van der Waals surface area (Å²) >= 11 is 11.8. The van der Waals surface area contributed by atoms with Crippen molar-refractivity contribution in [2.24, 2.45) is 11.7 Å². The molecule has 1 aromatic carbocycles. The smallest absolute Gasteiger partial charge is 0.243 e. The second kappa shape index (κ2) is 8.22. The number of nitrogens with two attached hydrogens (primary N) is 1. The standard InChI is InChI=1S/C14H19Cl2N3O2/c1-3-8(2)13(17)14(21)18-7-12(20)19-11-6-9(15)4-5-10(11)16/h4-6,8,13H,3,7,17H2,1-2H3,(H,18,21)(H,19,20). The predicted molar refractivity (Wildman–Crippen MR) is 85.5 cm³/mol. The Morgan fingerprint density at radius 3 is 2.62 bits per heavy atom. The second-order valence-corrected chi connectivity index (χ2v) is 5.65. The number of carbonyl (C=O) groups excluding carboxylic acids is 2. The van der Waals surface area contributed by atoms with Crippen molar-refractivity contribution in [3.05, 3.63) is 28.2 Å². The van der Waals surface area contributed by atoms with Gasteiger partial charge in [0.25, 0.3) is 0 Å². The number of halogens is 2. The summed E-state index contributed by atoms with van der Waals surface area (Å²) in [6, 6.07) is 4.11. The minimum atomic E-state index is -0.627. The maximum Gasteiger partial charge on any atom is 0.243 e. The maximum absolute atomic E-state index is 11.8. The Balaban J connectivity index is 2.51. The summed E-state index contributed by atoms with van der Waals surface area (Å²) < 4.78 is 0. The molecule has 0 bridgehead atoms. The molecule has 0 heterocycles. The summed E-state index contributed by atoms with van der Waals surface area (Å²) in [4.78, 5) is 23.5. The van der Waals surface area contributed by atoms with E-state index in [-0.39, 0.29) is 18.4 Å². The summed E-state index contributed by atoms with van der Waals surface area (Å²) in [5, 5.41) is 5.90. The highest BCUT2D eigenvalue weighted by Gasteiger charge is 2.19. The zero-order valence-electron chi connectivity index (χ0n) is 12.0. The molecule has 0 saturated heterocycles. The fourth-order valence-electron chi connectivity index (χ4n) is 1.59. The van der Waals surface area contributed by atoms with Gasteiger partial charge in [-0.05, 0) is 24.1 Å². The largest absolute Gasteiger partial charge is 0.346 e. The van der Waals surface area contributed by atoms with Gasteiger partial charge >= 0.3 is 0 Å². The molecule has 0 aliphatic rings. The van der Waals surface area contributed by atoms with E-state index in [0.717, 1.165) is 6.42 Å². The van der Waals surface area contributed by atoms with Crippen LogP contribution in [0.25, 0.3) is 0 Å². The molecule has 5 nitrogen and oxygen atoms in total. The third kappa shape index (κ3) is 5.53. The van der Waals surface area contributed by atoms with Gasteiger partial charge in [-0.3, -0.25) is 9.59 Å². The van der Waals surface area contributed by atoms with Crippen molar-refractivity contribution < 1.29 is 9.59 Å². The van der Waals surface area contributed by atoms with Crippen LogP contribution in [0, 0.1) is 5.92 Å². The Morgan fingerprint density at radius 1 is 1.33 bits per heavy atom. The number of rotatable bonds is 6. The van der Waals surface area contributed by atoms with E-state index >= 15 is 0 Å². The Bertz CT molecular complexity index is 523. The lowest BCUT2D eigenvalue weighted by molar-refractivity contribution is -0.125. The van der Waals surface area contributed by atoms with Crippen LogP contribution in [0.3, 0.4) is 0 Å². The molecule has 21 heavy (non-hydrogen) atoms. The van der Waals surface area contributed by atoms with E-state index in [0.29, 0.717) is 15.7 Å². The molecule has 2 atom stereocenters. The van der Waals surface area contributed by atoms with E-state index in [4.69, 9.17) is 28.9 Å². The van der Waals surface area contributed by atoms with E-state index < -0.39 is 11.9 Å². The first-order valence-corrected chi connectivity index (χ1v) is 7.39. The van der Waals surface area contributed by atoms with Crippen molar-refractivity contribution in [2.45, 2.75) is 26.3 Å². The number of hydrogen-bond acceptors (Lipinski definition) is 3. The van der Waals surface area contributed by atoms with Crippen molar-refractivity contribution in [2.75, 3.05) is 11.9 Å². The molecular weight excluding hydrogens is 313 g/mol. The summed E-state index contributed by atoms with van der Waals surface area (Å²) in [5.41, 5.74) is 6.17. The Labute approximate surface area is 134 Å². The van der Waals surface area contributed by atoms with Crippen molar-refractivity contribution >= 4 is 40.7 Å². The lowest BCUT2D eigenvalue weighted by Crippen LogP contribution is -2.46. The summed E-state index contributed by atoms with van der Waals surface area (Å²) in [6.07, 6.45) is 0.791. The summed E-state index contributed by atoms with van der Waals surface area (Å²) in [6.45, 7) is 3.66. The van der Waals surface area contributed by atoms with Gasteiger partial charge in [0, 0.05) is 5.02 Å². The Hall–Kier alpha value is -1.30. The Kier molecular flexibility index (Phi) is 6.95. The number of amides is 2. The maximum atomic E-state index is 11.8. The lowest BCUT2D eigenvalue weighted by atomic mass is 9.99. The highest BCUT2D eigenvalue weighted by atomic mass is 35.5. The third-order valence-corrected chi connectivity index (χ3v) is 3.75. The van der Waals surface area contributed by atoms with Crippen LogP contribution in [-0.2, 0) is 9.59 Å². The van der Waals surface area contributed by atoms with E-state index in [2.05, 4.69) is 10.6 Å². The normalized spacial score (nSPS) is 13.4. The minimum Gasteiger partial charge on any atom is -0.346 e. The topological polar surface area (TPSA) is 84.2 Å². The molecule has 2 unspecified atom stereocenters. The molecule has 0 saturated carbocycles. The predicted octanol–water partition coefficient (Wildman–Crippen LogP) is 2.42. The molecule has 116 valence electrons. The highest BCUT2D eigenvalue weighted by Crippen LogP contribution is 2.25. The van der Waals surface area contributed by atoms with E-state index in [1.165, 1.54) is 6.07 Å². The summed E-state index contributed by atoms with van der Waals surface area (Å²) in [7, 11) is 0. The van der Waals surface area contributed by atoms with Crippen molar-refractivity contribution in [3.8, 4) is 0 Å². The number of hydrogen-bond donors (Lipinski definition) is 3. The zero-order chi connectivity index (χ0) is 16.0. The molecule has 0 aromatic heterocycles. The molecule has 2 amide bonds. The SMILES string of the molecule is CCC(C)C(N)C(=O)NCC(=O)Nc1cc(Cl)ccc1Cl. The van der Waals surface area contributed by atoms with Gasteiger partial charge in [0.2, 0.25) is 11.8 Å². The molecular formula is C14H19Cl2N3O2. The average molecular weight is 332 g/mol. The summed E-state index contributed by atoms with van der Waals surface area (Å²) in [5.74, 6) is -0.698. The van der Waals surface area contributed by atoms with Gasteiger partial charge < -0.3 is 16.4 Å². The van der Waals surface area contributed by atoms with Crippen LogP contribution >= 0.6 is 23.2 Å². The van der Waals surface area contributed by atoms with Gasteiger partial charge in [-0.25, -0.2) is 0 Å². The fourth-order valence-corrected chi connectivity index (χ4v) is 1.92. The van der Waals surface area contributed by atoms with Gasteiger partial charge in [0.1, 0.15) is 0 Å². The second-order valence-electron chi connectivity index (χ2n) is 4.80. The molecule has 0 radical (unpaired) electrons. The molecule has 4 N–H and O–H groups in total. The minimum absolute atomic E-state index is 0.0513. The molecule has 0 fully saturated rings. The van der Waals surface area contributed by atoms with E-state index in [1.807, 2.05) is 13.8 Å². The first-order valence-electron chi connectivity index (χ1n) is 6.63. The number of nitrogens with one attached hydrogen (secondary N) is 2. The average Bonchev–Trinajstić information content (AvgIpc) is 2.46. The quantitative estimate of drug-likeness (QED) is 0.748. The van der Waals surface area contributed by atoms with Crippen LogP contribution in [0.1, 0.15) is 20.3 Å². The van der Waals surface area contributed by atoms with Crippen molar-refractivity contribution in [3.63, 3.8) is 0 Å². The zero-order valence-corrected chi connectivity index (χ0v) is 13.5. The molecule has 1 aromatic rings. The lowest BCUT2D eigenvalue weighted by Gasteiger charge is -2.17. The van der Waals surface area contributed by atoms with Crippen molar-refractivity contribution in [1.82, 2.24) is 5.32 Å². The van der Waals surface area contributed by atoms with E-state index in [1.54, 1.807) is 12.1 Å². The van der Waals surface area contributed by atoms with Crippen LogP contribution in [0.2, 0.25) is 10.0 Å². The first-order chi connectivity index (χ1) is 9.85. The van der Waals surface area contributed by atoms with Crippen molar-refractivity contribution in [1.29, 1.82) is 0 Å². The van der Waals surface area contributed by atoms with Gasteiger partial charge in [-0.15, -0.1) is 0 Å². The molecule has 7 heteroatoms. The molecule has 0 aliphatic carbocycles. The number of anilines is 1. The number of carbonyl (C=O) groups is 2. The third-order valence-electron chi connectivity index (χ3n) is 3.19. The van der Waals surface area contributed by atoms with Gasteiger partial charge in [0.05, 0.1) is 23.3 Å². The van der Waals surface area contributed by atoms with Crippen LogP contribution in [0.5, 0.6) is 0 Å². The highest BCUT2D eigenvalue weighted by molar-refractivity contribution is 6.35. The van der Waals surface area contributed by atoms with Gasteiger partial charge in [0.15, 0.2) is 0 Å². The first kappa shape index (κ1) is 17.8. The van der Waals surface area contributed by atoms with E-state index in [9.17, 15) is 9.59 Å².